The number of hydrogen-bond donors (Lipinski definition) is 0. The van der Waals surface area contributed by atoms with Gasteiger partial charge >= 0.3 is 0 Å². The van der Waals surface area contributed by atoms with E-state index >= 15 is 0 Å². The van der Waals surface area contributed by atoms with Crippen molar-refractivity contribution in [2.24, 2.45) is 4.99 Å². The first-order valence-electron chi connectivity index (χ1n) is 4.29. The second kappa shape index (κ2) is 4.79. The number of para-hydroxylation sites is 1. The predicted molar refractivity (Wildman–Crippen MR) is 68.0 cm³/mol. The SMILES string of the molecule is Clc1ccc(C=Nc2ccccc2Cl)s1. The lowest BCUT2D eigenvalue weighted by atomic mass is 10.3. The summed E-state index contributed by atoms with van der Waals surface area (Å²) in [7, 11) is 0. The monoisotopic (exact) mass is 255 g/mol. The first kappa shape index (κ1) is 10.7. The van der Waals surface area contributed by atoms with Gasteiger partial charge in [-0.2, -0.15) is 0 Å². The van der Waals surface area contributed by atoms with Crippen molar-refractivity contribution in [3.63, 3.8) is 0 Å². The van der Waals surface area contributed by atoms with Crippen LogP contribution in [0, 0.1) is 0 Å². The van der Waals surface area contributed by atoms with Gasteiger partial charge in [0.15, 0.2) is 0 Å². The molecule has 0 N–H and O–H groups in total. The maximum absolute atomic E-state index is 5.96. The van der Waals surface area contributed by atoms with Crippen molar-refractivity contribution in [1.29, 1.82) is 0 Å². The normalized spacial score (nSPS) is 11.1. The fourth-order valence-electron chi connectivity index (χ4n) is 1.09. The van der Waals surface area contributed by atoms with Crippen molar-refractivity contribution in [3.05, 3.63) is 50.6 Å². The average Bonchev–Trinajstić information content (AvgIpc) is 2.63. The number of rotatable bonds is 2. The Kier molecular flexibility index (Phi) is 3.41. The van der Waals surface area contributed by atoms with Crippen molar-refractivity contribution < 1.29 is 0 Å². The molecule has 15 heavy (non-hydrogen) atoms. The molecule has 2 rings (SSSR count). The summed E-state index contributed by atoms with van der Waals surface area (Å²) in [5, 5.41) is 0.649. The molecule has 0 atom stereocenters. The highest BCUT2D eigenvalue weighted by Gasteiger charge is 1.96. The molecule has 76 valence electrons. The Morgan fingerprint density at radius 3 is 2.53 bits per heavy atom. The zero-order valence-electron chi connectivity index (χ0n) is 7.65. The lowest BCUT2D eigenvalue weighted by Crippen LogP contribution is -1.72. The lowest BCUT2D eigenvalue weighted by molar-refractivity contribution is 1.54. The Hall–Kier alpha value is -0.830. The molecule has 4 heteroatoms. The first-order valence-corrected chi connectivity index (χ1v) is 5.87. The number of aliphatic imine (C=N–C) groups is 1. The first-order chi connectivity index (χ1) is 7.25. The molecule has 1 aromatic heterocycles. The summed E-state index contributed by atoms with van der Waals surface area (Å²) in [6.07, 6.45) is 1.76. The Morgan fingerprint density at radius 1 is 1.07 bits per heavy atom. The molecule has 0 bridgehead atoms. The quantitative estimate of drug-likeness (QED) is 0.684. The van der Waals surface area contributed by atoms with Gasteiger partial charge in [-0.15, -0.1) is 11.3 Å². The maximum Gasteiger partial charge on any atom is 0.0935 e. The molecule has 0 aliphatic carbocycles. The summed E-state index contributed by atoms with van der Waals surface area (Å²) in [4.78, 5) is 5.30. The highest BCUT2D eigenvalue weighted by molar-refractivity contribution is 7.17. The Balaban J connectivity index is 2.22. The zero-order valence-corrected chi connectivity index (χ0v) is 9.98. The average molecular weight is 256 g/mol. The maximum atomic E-state index is 5.96. The van der Waals surface area contributed by atoms with Gasteiger partial charge in [-0.3, -0.25) is 4.99 Å². The van der Waals surface area contributed by atoms with Crippen molar-refractivity contribution >= 4 is 46.4 Å². The summed E-state index contributed by atoms with van der Waals surface area (Å²) >= 11 is 13.2. The van der Waals surface area contributed by atoms with Crippen molar-refractivity contribution in [1.82, 2.24) is 0 Å². The van der Waals surface area contributed by atoms with Gasteiger partial charge in [-0.25, -0.2) is 0 Å². The minimum Gasteiger partial charge on any atom is -0.254 e. The van der Waals surface area contributed by atoms with E-state index in [9.17, 15) is 0 Å². The second-order valence-corrected chi connectivity index (χ2v) is 5.01. The topological polar surface area (TPSA) is 12.4 Å². The van der Waals surface area contributed by atoms with Crippen LogP contribution < -0.4 is 0 Å². The fourth-order valence-corrected chi connectivity index (χ4v) is 2.20. The zero-order chi connectivity index (χ0) is 10.7. The van der Waals surface area contributed by atoms with Gasteiger partial charge in [-0.1, -0.05) is 35.3 Å². The van der Waals surface area contributed by atoms with Crippen LogP contribution in [0.5, 0.6) is 0 Å². The van der Waals surface area contributed by atoms with E-state index in [1.807, 2.05) is 36.4 Å². The summed E-state index contributed by atoms with van der Waals surface area (Å²) in [6, 6.07) is 11.2. The van der Waals surface area contributed by atoms with Gasteiger partial charge in [0.1, 0.15) is 0 Å². The molecule has 1 aromatic carbocycles. The van der Waals surface area contributed by atoms with E-state index in [2.05, 4.69) is 4.99 Å². The third-order valence-electron chi connectivity index (χ3n) is 1.78. The van der Waals surface area contributed by atoms with Crippen LogP contribution in [0.2, 0.25) is 9.36 Å². The van der Waals surface area contributed by atoms with Crippen LogP contribution in [0.25, 0.3) is 0 Å². The molecule has 1 heterocycles. The van der Waals surface area contributed by atoms with Gasteiger partial charge in [0.05, 0.1) is 15.0 Å². The van der Waals surface area contributed by atoms with Crippen LogP contribution in [-0.4, -0.2) is 6.21 Å². The smallest absolute Gasteiger partial charge is 0.0935 e. The van der Waals surface area contributed by atoms with Crippen LogP contribution in [-0.2, 0) is 0 Å². The van der Waals surface area contributed by atoms with Gasteiger partial charge in [0.25, 0.3) is 0 Å². The van der Waals surface area contributed by atoms with Gasteiger partial charge in [0.2, 0.25) is 0 Å². The summed E-state index contributed by atoms with van der Waals surface area (Å²) in [5.74, 6) is 0. The minimum atomic E-state index is 0.649. The lowest BCUT2D eigenvalue weighted by Gasteiger charge is -1.94. The summed E-state index contributed by atoms with van der Waals surface area (Å²) in [6.45, 7) is 0. The Bertz CT molecular complexity index is 491. The molecule has 0 radical (unpaired) electrons. The van der Waals surface area contributed by atoms with E-state index in [0.29, 0.717) is 5.02 Å². The molecule has 1 nitrogen and oxygen atoms in total. The van der Waals surface area contributed by atoms with Crippen LogP contribution in [0.1, 0.15) is 4.88 Å². The molecule has 0 aliphatic heterocycles. The van der Waals surface area contributed by atoms with E-state index in [-0.39, 0.29) is 0 Å². The van der Waals surface area contributed by atoms with E-state index in [0.717, 1.165) is 14.9 Å². The van der Waals surface area contributed by atoms with Gasteiger partial charge in [0, 0.05) is 11.1 Å². The standard InChI is InChI=1S/C11H7Cl2NS/c12-9-3-1-2-4-10(9)14-7-8-5-6-11(13)15-8/h1-7H. The van der Waals surface area contributed by atoms with E-state index < -0.39 is 0 Å². The van der Waals surface area contributed by atoms with E-state index in [1.54, 1.807) is 6.21 Å². The van der Waals surface area contributed by atoms with E-state index in [4.69, 9.17) is 23.2 Å². The van der Waals surface area contributed by atoms with Gasteiger partial charge in [-0.05, 0) is 24.3 Å². The molecule has 0 saturated heterocycles. The Morgan fingerprint density at radius 2 is 1.87 bits per heavy atom. The van der Waals surface area contributed by atoms with Gasteiger partial charge < -0.3 is 0 Å². The summed E-state index contributed by atoms with van der Waals surface area (Å²) in [5.41, 5.74) is 0.767. The van der Waals surface area contributed by atoms with E-state index in [1.165, 1.54) is 11.3 Å². The van der Waals surface area contributed by atoms with Crippen LogP contribution >= 0.6 is 34.5 Å². The molecule has 0 aliphatic rings. The fraction of sp³-hybridized carbons (Fsp3) is 0. The molecule has 0 fully saturated rings. The molecule has 0 saturated carbocycles. The molecule has 0 spiro atoms. The third-order valence-corrected chi connectivity index (χ3v) is 3.26. The van der Waals surface area contributed by atoms with Crippen LogP contribution in [0.4, 0.5) is 5.69 Å². The van der Waals surface area contributed by atoms with Crippen LogP contribution in [0.15, 0.2) is 41.4 Å². The molecule has 0 amide bonds. The highest BCUT2D eigenvalue weighted by Crippen LogP contribution is 2.25. The van der Waals surface area contributed by atoms with Crippen molar-refractivity contribution in [2.45, 2.75) is 0 Å². The van der Waals surface area contributed by atoms with Crippen molar-refractivity contribution in [2.75, 3.05) is 0 Å². The number of hydrogen-bond acceptors (Lipinski definition) is 2. The number of halogens is 2. The Labute approximate surface area is 102 Å². The largest absolute Gasteiger partial charge is 0.254 e. The molecule has 2 aromatic rings. The summed E-state index contributed by atoms with van der Waals surface area (Å²) < 4.78 is 0.760. The third kappa shape index (κ3) is 2.81. The number of benzene rings is 1. The van der Waals surface area contributed by atoms with Crippen LogP contribution in [0.3, 0.4) is 0 Å². The second-order valence-electron chi connectivity index (χ2n) is 2.85. The molecular weight excluding hydrogens is 249 g/mol. The molecule has 0 unspecified atom stereocenters. The number of thiophene rings is 1. The van der Waals surface area contributed by atoms with Crippen molar-refractivity contribution in [3.8, 4) is 0 Å². The number of nitrogens with zero attached hydrogens (tertiary/aromatic N) is 1. The highest BCUT2D eigenvalue weighted by atomic mass is 35.5. The molecular formula is C11H7Cl2NS. The minimum absolute atomic E-state index is 0.649. The predicted octanol–water partition coefficient (Wildman–Crippen LogP) is 4.81.